The van der Waals surface area contributed by atoms with Crippen molar-refractivity contribution in [2.45, 2.75) is 26.7 Å². The summed E-state index contributed by atoms with van der Waals surface area (Å²) >= 11 is 0. The van der Waals surface area contributed by atoms with Crippen LogP contribution < -0.4 is 4.74 Å². The van der Waals surface area contributed by atoms with Gasteiger partial charge in [-0.05, 0) is 37.3 Å². The molecule has 148 valence electrons. The Morgan fingerprint density at radius 3 is 2.41 bits per heavy atom. The summed E-state index contributed by atoms with van der Waals surface area (Å²) in [5, 5.41) is 0. The second-order valence-electron chi connectivity index (χ2n) is 7.90. The van der Waals surface area contributed by atoms with Gasteiger partial charge in [0.25, 0.3) is 5.91 Å². The predicted molar refractivity (Wildman–Crippen MR) is 103 cm³/mol. The molecule has 6 nitrogen and oxygen atoms in total. The van der Waals surface area contributed by atoms with Gasteiger partial charge in [0.2, 0.25) is 5.91 Å². The quantitative estimate of drug-likeness (QED) is 0.792. The zero-order chi connectivity index (χ0) is 19.4. The number of benzene rings is 1. The van der Waals surface area contributed by atoms with E-state index in [9.17, 15) is 9.59 Å². The molecule has 0 bridgehead atoms. The second-order valence-corrected chi connectivity index (χ2v) is 7.90. The van der Waals surface area contributed by atoms with Crippen molar-refractivity contribution in [3.63, 3.8) is 0 Å². The summed E-state index contributed by atoms with van der Waals surface area (Å²) in [5.41, 5.74) is 1.23. The van der Waals surface area contributed by atoms with E-state index in [1.165, 1.54) is 0 Å². The first kappa shape index (κ1) is 19.7. The highest BCUT2D eigenvalue weighted by atomic mass is 16.5. The van der Waals surface area contributed by atoms with E-state index in [0.29, 0.717) is 25.6 Å². The topological polar surface area (TPSA) is 59.1 Å². The minimum absolute atomic E-state index is 0.0233. The van der Waals surface area contributed by atoms with Crippen LogP contribution in [0.3, 0.4) is 0 Å². The molecule has 6 heteroatoms. The number of nitrogens with zero attached hydrogens (tertiary/aromatic N) is 2. The molecule has 1 aromatic carbocycles. The van der Waals surface area contributed by atoms with Gasteiger partial charge in [0.1, 0.15) is 5.75 Å². The highest BCUT2D eigenvalue weighted by Crippen LogP contribution is 2.44. The molecule has 27 heavy (non-hydrogen) atoms. The van der Waals surface area contributed by atoms with Crippen LogP contribution in [0.25, 0.3) is 0 Å². The van der Waals surface area contributed by atoms with E-state index in [0.717, 1.165) is 37.2 Å². The molecular weight excluding hydrogens is 344 g/mol. The standard InChI is InChI=1S/C21H30N2O4/c1-16-4-6-19(7-5-16)27-14-20(25)22-10-8-21(9-11-22)15-23(17(2)24)12-18(21)13-26-3/h4-7,18H,8-15H2,1-3H3/t18-/m1/s1. The van der Waals surface area contributed by atoms with E-state index in [1.807, 2.05) is 41.0 Å². The smallest absolute Gasteiger partial charge is 0.260 e. The second kappa shape index (κ2) is 8.30. The molecule has 2 amide bonds. The van der Waals surface area contributed by atoms with E-state index in [4.69, 9.17) is 9.47 Å². The lowest BCUT2D eigenvalue weighted by Gasteiger charge is -2.42. The molecular formula is C21H30N2O4. The number of hydrogen-bond acceptors (Lipinski definition) is 4. The minimum atomic E-state index is 0.0233. The van der Waals surface area contributed by atoms with Crippen molar-refractivity contribution in [3.05, 3.63) is 29.8 Å². The largest absolute Gasteiger partial charge is 0.484 e. The van der Waals surface area contributed by atoms with Gasteiger partial charge in [0, 0.05) is 46.1 Å². The van der Waals surface area contributed by atoms with Gasteiger partial charge >= 0.3 is 0 Å². The van der Waals surface area contributed by atoms with Gasteiger partial charge in [-0.15, -0.1) is 0 Å². The highest BCUT2D eigenvalue weighted by Gasteiger charge is 2.49. The summed E-state index contributed by atoms with van der Waals surface area (Å²) in [4.78, 5) is 28.2. The van der Waals surface area contributed by atoms with E-state index < -0.39 is 0 Å². The Kier molecular flexibility index (Phi) is 6.05. The maximum Gasteiger partial charge on any atom is 0.260 e. The molecule has 1 atom stereocenters. The number of methoxy groups -OCH3 is 1. The summed E-state index contributed by atoms with van der Waals surface area (Å²) in [7, 11) is 1.71. The van der Waals surface area contributed by atoms with Crippen molar-refractivity contribution < 1.29 is 19.1 Å². The molecule has 3 rings (SSSR count). The van der Waals surface area contributed by atoms with Crippen LogP contribution in [-0.4, -0.2) is 68.1 Å². The molecule has 2 heterocycles. The fraction of sp³-hybridized carbons (Fsp3) is 0.619. The zero-order valence-electron chi connectivity index (χ0n) is 16.6. The first-order valence-electron chi connectivity index (χ1n) is 9.65. The van der Waals surface area contributed by atoms with Gasteiger partial charge < -0.3 is 19.3 Å². The van der Waals surface area contributed by atoms with Crippen LogP contribution in [0.4, 0.5) is 0 Å². The van der Waals surface area contributed by atoms with Gasteiger partial charge in [-0.2, -0.15) is 0 Å². The van der Waals surface area contributed by atoms with Crippen molar-refractivity contribution in [1.82, 2.24) is 9.80 Å². The number of piperidine rings is 1. The summed E-state index contributed by atoms with van der Waals surface area (Å²) in [6.45, 7) is 7.33. The third kappa shape index (κ3) is 4.43. The third-order valence-corrected chi connectivity index (χ3v) is 6.12. The first-order valence-corrected chi connectivity index (χ1v) is 9.65. The zero-order valence-corrected chi connectivity index (χ0v) is 16.6. The van der Waals surface area contributed by atoms with Crippen molar-refractivity contribution in [1.29, 1.82) is 0 Å². The molecule has 2 aliphatic rings. The molecule has 1 aromatic rings. The van der Waals surface area contributed by atoms with Crippen LogP contribution in [0, 0.1) is 18.3 Å². The first-order chi connectivity index (χ1) is 12.9. The van der Waals surface area contributed by atoms with Crippen LogP contribution in [0.15, 0.2) is 24.3 Å². The van der Waals surface area contributed by atoms with Gasteiger partial charge in [-0.25, -0.2) is 0 Å². The number of rotatable bonds is 5. The Labute approximate surface area is 161 Å². The number of likely N-dealkylation sites (tertiary alicyclic amines) is 2. The summed E-state index contributed by atoms with van der Waals surface area (Å²) in [6.07, 6.45) is 1.81. The normalized spacial score (nSPS) is 21.5. The van der Waals surface area contributed by atoms with E-state index in [1.54, 1.807) is 14.0 Å². The molecule has 0 aromatic heterocycles. The average Bonchev–Trinajstić information content (AvgIpc) is 3.00. The molecule has 2 fully saturated rings. The fourth-order valence-electron chi connectivity index (χ4n) is 4.34. The lowest BCUT2D eigenvalue weighted by atomic mass is 9.71. The Hall–Kier alpha value is -2.08. The molecule has 1 spiro atoms. The van der Waals surface area contributed by atoms with Crippen molar-refractivity contribution in [2.75, 3.05) is 46.5 Å². The van der Waals surface area contributed by atoms with Crippen molar-refractivity contribution >= 4 is 11.8 Å². The van der Waals surface area contributed by atoms with E-state index >= 15 is 0 Å². The van der Waals surface area contributed by atoms with Crippen LogP contribution in [0.2, 0.25) is 0 Å². The maximum absolute atomic E-state index is 12.5. The van der Waals surface area contributed by atoms with Crippen molar-refractivity contribution in [3.8, 4) is 5.75 Å². The summed E-state index contributed by atoms with van der Waals surface area (Å²) < 4.78 is 11.1. The predicted octanol–water partition coefficient (Wildman–Crippen LogP) is 2.11. The average molecular weight is 374 g/mol. The Bertz CT molecular complexity index is 665. The minimum Gasteiger partial charge on any atom is -0.484 e. The number of carbonyl (C=O) groups excluding carboxylic acids is 2. The number of ether oxygens (including phenoxy) is 2. The molecule has 0 unspecified atom stereocenters. The summed E-state index contributed by atoms with van der Waals surface area (Å²) in [6, 6.07) is 7.72. The molecule has 0 aliphatic carbocycles. The molecule has 0 N–H and O–H groups in total. The van der Waals surface area contributed by atoms with Crippen molar-refractivity contribution in [2.24, 2.45) is 11.3 Å². The number of hydrogen-bond donors (Lipinski definition) is 0. The van der Waals surface area contributed by atoms with E-state index in [2.05, 4.69) is 0 Å². The van der Waals surface area contributed by atoms with Gasteiger partial charge in [0.05, 0.1) is 6.61 Å². The SMILES string of the molecule is COC[C@H]1CN(C(C)=O)CC12CCN(C(=O)COc1ccc(C)cc1)CC2. The monoisotopic (exact) mass is 374 g/mol. The Balaban J connectivity index is 1.54. The third-order valence-electron chi connectivity index (χ3n) is 6.12. The molecule has 2 saturated heterocycles. The fourth-order valence-corrected chi connectivity index (χ4v) is 4.34. The lowest BCUT2D eigenvalue weighted by Crippen LogP contribution is -2.48. The van der Waals surface area contributed by atoms with Crippen LogP contribution in [0.5, 0.6) is 5.75 Å². The lowest BCUT2D eigenvalue weighted by molar-refractivity contribution is -0.136. The Morgan fingerprint density at radius 2 is 1.81 bits per heavy atom. The van der Waals surface area contributed by atoms with Gasteiger partial charge in [0.15, 0.2) is 6.61 Å². The van der Waals surface area contributed by atoms with Gasteiger partial charge in [-0.3, -0.25) is 9.59 Å². The number of amides is 2. The maximum atomic E-state index is 12.5. The molecule has 0 radical (unpaired) electrons. The summed E-state index contributed by atoms with van der Waals surface area (Å²) in [5.74, 6) is 1.20. The number of aryl methyl sites for hydroxylation is 1. The van der Waals surface area contributed by atoms with E-state index in [-0.39, 0.29) is 23.8 Å². The van der Waals surface area contributed by atoms with Crippen LogP contribution >= 0.6 is 0 Å². The number of carbonyl (C=O) groups is 2. The molecule has 0 saturated carbocycles. The van der Waals surface area contributed by atoms with Crippen LogP contribution in [-0.2, 0) is 14.3 Å². The molecule has 2 aliphatic heterocycles. The van der Waals surface area contributed by atoms with Gasteiger partial charge in [-0.1, -0.05) is 17.7 Å². The van der Waals surface area contributed by atoms with Crippen LogP contribution in [0.1, 0.15) is 25.3 Å². The Morgan fingerprint density at radius 1 is 1.15 bits per heavy atom. The highest BCUT2D eigenvalue weighted by molar-refractivity contribution is 5.78.